The maximum atomic E-state index is 14.9. The number of unbranched alkanes of at least 4 members (excludes halogenated alkanes) is 7. The predicted octanol–water partition coefficient (Wildman–Crippen LogP) is 15.3. The summed E-state index contributed by atoms with van der Waals surface area (Å²) in [6.45, 7) is 18.9. The lowest BCUT2D eigenvalue weighted by molar-refractivity contribution is -0.278. The second-order valence-corrected chi connectivity index (χ2v) is 25.9. The quantitative estimate of drug-likeness (QED) is 0.0252. The number of nitrogens with zero attached hydrogens (tertiary/aromatic N) is 1. The number of carbonyl (C=O) groups is 1. The molecule has 0 aliphatic carbocycles. The van der Waals surface area contributed by atoms with Crippen molar-refractivity contribution in [2.45, 2.75) is 230 Å². The van der Waals surface area contributed by atoms with Crippen molar-refractivity contribution in [3.63, 3.8) is 0 Å². The molecular weight excluding hydrogens is 1180 g/mol. The van der Waals surface area contributed by atoms with Crippen molar-refractivity contribution in [1.29, 1.82) is 0 Å². The van der Waals surface area contributed by atoms with Crippen LogP contribution in [0, 0.1) is 17.6 Å². The zero-order chi connectivity index (χ0) is 65.8. The summed E-state index contributed by atoms with van der Waals surface area (Å²) in [6.07, 6.45) is 6.46. The molecule has 4 aromatic rings. The first kappa shape index (κ1) is 77.4. The molecule has 11 atom stereocenters. The fraction of sp³-hybridized carbons (Fsp3) is 0.658. The van der Waals surface area contributed by atoms with E-state index in [0.29, 0.717) is 96.4 Å². The molecule has 1 saturated heterocycles. The number of aliphatic hydroxyl groups is 1. The molecule has 0 aromatic heterocycles. The third kappa shape index (κ3) is 25.1. The van der Waals surface area contributed by atoms with Crippen molar-refractivity contribution >= 4 is 21.4 Å². The van der Waals surface area contributed by atoms with Crippen LogP contribution in [0.4, 0.5) is 14.5 Å². The van der Waals surface area contributed by atoms with Crippen LogP contribution in [0.2, 0.25) is 0 Å². The third-order valence-electron chi connectivity index (χ3n) is 16.8. The first-order chi connectivity index (χ1) is 44.2. The van der Waals surface area contributed by atoms with Gasteiger partial charge in [-0.15, -0.1) is 0 Å². The summed E-state index contributed by atoms with van der Waals surface area (Å²) in [4.78, 5) is 15.6. The zero-order valence-electron chi connectivity index (χ0n) is 56.3. The lowest BCUT2D eigenvalue weighted by atomic mass is 9.78. The van der Waals surface area contributed by atoms with Crippen LogP contribution >= 0.6 is 0 Å². The van der Waals surface area contributed by atoms with E-state index >= 15 is 0 Å². The molecule has 1 N–H and O–H groups in total. The predicted molar refractivity (Wildman–Crippen MR) is 355 cm³/mol. The van der Waals surface area contributed by atoms with Gasteiger partial charge >= 0.3 is 0 Å². The van der Waals surface area contributed by atoms with E-state index in [-0.39, 0.29) is 17.2 Å². The Balaban J connectivity index is 1.48. The average molecular weight is 1300 g/mol. The Labute approximate surface area is 544 Å². The number of benzene rings is 4. The summed E-state index contributed by atoms with van der Waals surface area (Å²) in [5.41, 5.74) is 3.52. The SMILES string of the molecule is CCCCOCC[C@@H](OCCCC)C(OCCCC)[C@H](OCCCC)[C@@H](OC)O[C@H](CCOCCCC)C(OCCCC)[C@H](OCCCC)[C@H](CS(=O)(=O)c1ccc(-c2ccc([C@@H]3[C@@H](CC[C@H](O)c4ccc(F)cc4)C(=O)N3c3ccc(F)cc3)cc2)cc1)OC. The van der Waals surface area contributed by atoms with Gasteiger partial charge in [-0.1, -0.05) is 142 Å². The lowest BCUT2D eigenvalue weighted by Crippen LogP contribution is -2.56. The van der Waals surface area contributed by atoms with E-state index in [9.17, 15) is 27.1 Å². The minimum absolute atomic E-state index is 0.100. The molecule has 18 heteroatoms. The highest BCUT2D eigenvalue weighted by Gasteiger charge is 2.49. The number of halogens is 2. The molecule has 1 aliphatic rings. The number of hydrogen-bond acceptors (Lipinski definition) is 14. The van der Waals surface area contributed by atoms with Gasteiger partial charge < -0.3 is 57.4 Å². The fourth-order valence-corrected chi connectivity index (χ4v) is 12.7. The third-order valence-corrected chi connectivity index (χ3v) is 18.6. The molecular formula is C73H111F2NO14S. The minimum atomic E-state index is -4.07. The van der Waals surface area contributed by atoms with Gasteiger partial charge in [-0.3, -0.25) is 4.79 Å². The minimum Gasteiger partial charge on any atom is -0.388 e. The van der Waals surface area contributed by atoms with E-state index in [1.807, 2.05) is 24.3 Å². The monoisotopic (exact) mass is 1300 g/mol. The standard InChI is InChI=1S/C73H111F2NO14S/c1-10-17-44-83-51-42-64(85-46-19-12-3)68(86-47-20-13-4)71(89-50-23-16-7)73(82-9)90-65(43-52-84-45-18-11-2)69(87-48-21-14-5)70(88-49-22-15-6)66(81-8)53-91(79,80)61-38-30-55(31-39-61)54-24-26-57(27-25-54)67-62(40-41-63(77)56-28-32-58(74)33-29-56)72(78)76(67)60-36-34-59(75)35-37-60/h24-39,62-71,73,77H,10-23,40-53H2,1-9H3/t62-,63+,64-,65-,66+,67-,68?,69?,70-,71+,73+/m1/s1. The van der Waals surface area contributed by atoms with Gasteiger partial charge in [-0.25, -0.2) is 17.2 Å². The van der Waals surface area contributed by atoms with Crippen molar-refractivity contribution in [3.05, 3.63) is 120 Å². The largest absolute Gasteiger partial charge is 0.388 e. The van der Waals surface area contributed by atoms with Gasteiger partial charge in [0.05, 0.1) is 40.9 Å². The van der Waals surface area contributed by atoms with Crippen molar-refractivity contribution in [1.82, 2.24) is 0 Å². The topological polar surface area (TPSA) is 167 Å². The number of ether oxygens (including phenoxy) is 10. The zero-order valence-corrected chi connectivity index (χ0v) is 57.1. The number of β-lactam (4-membered cyclic amide) rings is 1. The number of anilines is 1. The van der Waals surface area contributed by atoms with Gasteiger partial charge in [-0.05, 0) is 141 Å². The van der Waals surface area contributed by atoms with Gasteiger partial charge in [0.25, 0.3) is 0 Å². The van der Waals surface area contributed by atoms with Crippen LogP contribution < -0.4 is 4.90 Å². The Morgan fingerprint density at radius 3 is 1.40 bits per heavy atom. The van der Waals surface area contributed by atoms with Crippen LogP contribution in [0.15, 0.2) is 102 Å². The van der Waals surface area contributed by atoms with E-state index in [1.54, 1.807) is 48.4 Å². The Morgan fingerprint density at radius 2 is 0.912 bits per heavy atom. The van der Waals surface area contributed by atoms with Gasteiger partial charge in [0.15, 0.2) is 16.1 Å². The summed E-state index contributed by atoms with van der Waals surface area (Å²) in [6, 6.07) is 25.5. The van der Waals surface area contributed by atoms with Gasteiger partial charge in [0.2, 0.25) is 5.91 Å². The molecule has 0 bridgehead atoms. The number of carbonyl (C=O) groups excluding carboxylic acids is 1. The number of methoxy groups -OCH3 is 2. The molecule has 1 heterocycles. The number of rotatable bonds is 52. The number of hydrogen-bond donors (Lipinski definition) is 1. The Morgan fingerprint density at radius 1 is 0.484 bits per heavy atom. The highest BCUT2D eigenvalue weighted by Crippen LogP contribution is 2.47. The van der Waals surface area contributed by atoms with E-state index in [0.717, 1.165) is 100 Å². The van der Waals surface area contributed by atoms with Crippen molar-refractivity contribution < 1.29 is 74.5 Å². The maximum absolute atomic E-state index is 14.9. The molecule has 15 nitrogen and oxygen atoms in total. The fourth-order valence-electron chi connectivity index (χ4n) is 11.2. The second kappa shape index (κ2) is 43.7. The van der Waals surface area contributed by atoms with Crippen molar-refractivity contribution in [2.24, 2.45) is 5.92 Å². The van der Waals surface area contributed by atoms with Crippen molar-refractivity contribution in [2.75, 3.05) is 84.3 Å². The van der Waals surface area contributed by atoms with Crippen LogP contribution in [-0.2, 0) is 62.0 Å². The van der Waals surface area contributed by atoms with Crippen molar-refractivity contribution in [3.8, 4) is 11.1 Å². The maximum Gasteiger partial charge on any atom is 0.233 e. The highest BCUT2D eigenvalue weighted by atomic mass is 32.2. The molecule has 0 saturated carbocycles. The Kier molecular flexibility index (Phi) is 37.1. The number of sulfone groups is 1. The average Bonchev–Trinajstić information content (AvgIpc) is 0.763. The molecule has 2 unspecified atom stereocenters. The molecule has 0 radical (unpaired) electrons. The summed E-state index contributed by atoms with van der Waals surface area (Å²) < 4.78 is 124. The molecule has 1 amide bonds. The van der Waals surface area contributed by atoms with E-state index in [1.165, 1.54) is 43.5 Å². The molecule has 5 rings (SSSR count). The van der Waals surface area contributed by atoms with Gasteiger partial charge in [0.1, 0.15) is 42.2 Å². The van der Waals surface area contributed by atoms with Crippen LogP contribution in [0.1, 0.15) is 187 Å². The summed E-state index contributed by atoms with van der Waals surface area (Å²) in [5, 5.41) is 11.0. The summed E-state index contributed by atoms with van der Waals surface area (Å²) >= 11 is 0. The molecule has 91 heavy (non-hydrogen) atoms. The van der Waals surface area contributed by atoms with Gasteiger partial charge in [0, 0.05) is 79.4 Å². The summed E-state index contributed by atoms with van der Waals surface area (Å²) in [5.74, 6) is -1.90. The molecule has 4 aromatic carbocycles. The van der Waals surface area contributed by atoms with E-state index in [4.69, 9.17) is 47.4 Å². The Hall–Kier alpha value is -4.28. The molecule has 512 valence electrons. The first-order valence-corrected chi connectivity index (χ1v) is 35.8. The molecule has 0 spiro atoms. The molecule has 1 fully saturated rings. The molecule has 1 aliphatic heterocycles. The van der Waals surface area contributed by atoms with E-state index < -0.39 is 94.3 Å². The normalized spacial score (nSPS) is 17.5. The van der Waals surface area contributed by atoms with Gasteiger partial charge in [-0.2, -0.15) is 0 Å². The van der Waals surface area contributed by atoms with E-state index in [2.05, 4.69) is 48.5 Å². The second-order valence-electron chi connectivity index (χ2n) is 23.9. The number of amides is 1. The lowest BCUT2D eigenvalue weighted by Gasteiger charge is -2.48. The van der Waals surface area contributed by atoms with Crippen LogP contribution in [0.25, 0.3) is 11.1 Å². The number of aliphatic hydroxyl groups excluding tert-OH is 1. The first-order valence-electron chi connectivity index (χ1n) is 34.1. The Bertz CT molecular complexity index is 2650. The smallest absolute Gasteiger partial charge is 0.233 e. The highest BCUT2D eigenvalue weighted by molar-refractivity contribution is 7.91. The van der Waals surface area contributed by atoms with Crippen LogP contribution in [0.3, 0.4) is 0 Å². The summed E-state index contributed by atoms with van der Waals surface area (Å²) in [7, 11) is -0.948. The van der Waals surface area contributed by atoms with Crippen LogP contribution in [0.5, 0.6) is 0 Å². The van der Waals surface area contributed by atoms with Crippen LogP contribution in [-0.4, -0.2) is 148 Å².